The molecule has 458 valence electrons. The predicted molar refractivity (Wildman–Crippen MR) is 257 cm³/mol. The Bertz CT molecular complexity index is 3580. The van der Waals surface area contributed by atoms with Gasteiger partial charge < -0.3 is 11.0 Å². The molecule has 6 aromatic rings. The Balaban J connectivity index is 0.000000400. The summed E-state index contributed by atoms with van der Waals surface area (Å²) in [6.07, 6.45) is 26.7. The molecular weight excluding hydrogens is 1360 g/mol. The number of hydrogen-bond donors (Lipinski definition) is 0. The molecule has 4 aliphatic carbocycles. The van der Waals surface area contributed by atoms with Gasteiger partial charge in [-0.05, 0) is 53.5 Å². The van der Waals surface area contributed by atoms with E-state index in [2.05, 4.69) is 87.4 Å². The van der Waals surface area contributed by atoms with E-state index in [-0.39, 0.29) is 33.6 Å². The predicted octanol–water partition coefficient (Wildman–Crippen LogP) is 16.1. The van der Waals surface area contributed by atoms with Crippen LogP contribution in [0.1, 0.15) is 0 Å². The van der Waals surface area contributed by atoms with E-state index in [0.29, 0.717) is 0 Å². The molecule has 0 nitrogen and oxygen atoms in total. The summed E-state index contributed by atoms with van der Waals surface area (Å²) in [5.41, 5.74) is -18.7. The number of hydrogen-bond acceptors (Lipinski definition) is 0. The van der Waals surface area contributed by atoms with Gasteiger partial charge in [-0.1, -0.05) is 61.7 Å². The Morgan fingerprint density at radius 1 is 0.250 bits per heavy atom. The van der Waals surface area contributed by atoms with Crippen LogP contribution in [-0.4, -0.2) is 21.6 Å². The Hall–Kier alpha value is -6.05. The molecule has 10 radical (unpaired) electrons. The summed E-state index contributed by atoms with van der Waals surface area (Å²) < 4.78 is 418. The number of benzene rings is 6. The largest absolute Gasteiger partial charge is 0.581 e. The van der Waals surface area contributed by atoms with Crippen LogP contribution in [0.5, 0.6) is 0 Å². The van der Waals surface area contributed by atoms with Gasteiger partial charge in [0.1, 0.15) is 17.5 Å². The van der Waals surface area contributed by atoms with Gasteiger partial charge >= 0.3 is 13.5 Å². The van der Waals surface area contributed by atoms with E-state index in [9.17, 15) is 39.5 Å². The fourth-order valence-corrected chi connectivity index (χ4v) is 17.6. The third-order valence-corrected chi connectivity index (χ3v) is 21.8. The SMILES string of the molecule is C[Si](C)([C]1[CH][CH][C]2C=CC=C[C]21)[C]1[CH][CH][C]2C=CC=C[C]21.Fc1c(F)c(F)c(-c2c(F)c(F)c(F)c(F)[c]2[Al-]([F])([c]2c(F)c(F)c(F)c(F)c2-c2c(F)c(F)c(F)c(F)c2F)[c]2c(F)c(F)c(F)c(F)c2-c2c(F)c(F)c(F)c(F)c2F)c(F)c1F.[CH3-].[Zr]. The molecule has 10 rings (SSSR count). The van der Waals surface area contributed by atoms with Gasteiger partial charge in [0.2, 0.25) is 17.5 Å². The van der Waals surface area contributed by atoms with Gasteiger partial charge in [0.15, 0.2) is 122 Å². The molecule has 0 bridgehead atoms. The monoisotopic (exact) mass is 1380 g/mol. The van der Waals surface area contributed by atoms with Crippen LogP contribution in [-0.2, 0) is 26.2 Å². The molecule has 0 aliphatic heterocycles. The van der Waals surface area contributed by atoms with Gasteiger partial charge in [-0.2, -0.15) is 0 Å². The van der Waals surface area contributed by atoms with Crippen LogP contribution in [0.4, 0.5) is 122 Å². The molecule has 2 saturated carbocycles. The van der Waals surface area contributed by atoms with E-state index in [4.69, 9.17) is 0 Å². The van der Waals surface area contributed by atoms with Crippen LogP contribution in [0.25, 0.3) is 33.4 Å². The van der Waals surface area contributed by atoms with Gasteiger partial charge in [-0.25, -0.2) is 119 Å². The summed E-state index contributed by atoms with van der Waals surface area (Å²) in [7, 11) is -1.68. The van der Waals surface area contributed by atoms with Crippen molar-refractivity contribution in [2.45, 2.75) is 13.1 Å². The smallest absolute Gasteiger partial charge is 0.449 e. The normalized spacial score (nSPS) is 15.7. The van der Waals surface area contributed by atoms with Crippen molar-refractivity contribution in [3.63, 3.8) is 0 Å². The summed E-state index contributed by atoms with van der Waals surface area (Å²) in [5.74, 6) is -95.7. The fraction of sp³-hybridized carbons (Fsp3) is 0.0351. The second-order valence-corrected chi connectivity index (χ2v) is 26.6. The average Bonchev–Trinajstić information content (AvgIpc) is 0.832. The maximum Gasteiger partial charge on any atom is 0.449 e. The van der Waals surface area contributed by atoms with Crippen LogP contribution in [0, 0.1) is 225 Å². The molecule has 0 N–H and O–H groups in total. The average molecular weight is 1380 g/mol. The first kappa shape index (κ1) is 69.4. The maximum absolute atomic E-state index is 19.3. The molecule has 6 aromatic carbocycles. The third kappa shape index (κ3) is 10.3. The Kier molecular flexibility index (Phi) is 19.7. The minimum atomic E-state index is -10.3. The van der Waals surface area contributed by atoms with Crippen LogP contribution >= 0.6 is 0 Å². The van der Waals surface area contributed by atoms with E-state index in [0.717, 1.165) is 0 Å². The molecule has 0 unspecified atom stereocenters. The van der Waals surface area contributed by atoms with Gasteiger partial charge in [0.05, 0.1) is 24.8 Å². The van der Waals surface area contributed by atoms with Crippen molar-refractivity contribution < 1.29 is 148 Å². The van der Waals surface area contributed by atoms with E-state index in [1.54, 1.807) is 11.1 Å². The minimum absolute atomic E-state index is 0. The molecule has 2 fully saturated rings. The van der Waals surface area contributed by atoms with E-state index in [1.165, 1.54) is 23.7 Å². The molecule has 0 saturated heterocycles. The molecule has 88 heavy (non-hydrogen) atoms. The van der Waals surface area contributed by atoms with E-state index < -0.39 is 225 Å². The Morgan fingerprint density at radius 3 is 0.659 bits per heavy atom. The molecule has 31 heteroatoms. The van der Waals surface area contributed by atoms with Gasteiger partial charge in [0.25, 0.3) is 0 Å². The topological polar surface area (TPSA) is 0 Å². The quantitative estimate of drug-likeness (QED) is 0.0468. The zero-order valence-corrected chi connectivity index (χ0v) is 47.7. The summed E-state index contributed by atoms with van der Waals surface area (Å²) in [5, 5.41) is 0. The second kappa shape index (κ2) is 25.0. The molecule has 0 heterocycles. The zero-order chi connectivity index (χ0) is 63.7. The number of allylic oxidation sites excluding steroid dienone is 8. The first-order valence-corrected chi connectivity index (χ1v) is 28.6. The van der Waals surface area contributed by atoms with Crippen molar-refractivity contribution in [1.29, 1.82) is 0 Å². The van der Waals surface area contributed by atoms with Gasteiger partial charge in [-0.3, -0.25) is 0 Å². The van der Waals surface area contributed by atoms with Crippen LogP contribution in [0.3, 0.4) is 0 Å². The van der Waals surface area contributed by atoms with Crippen molar-refractivity contribution in [1.82, 2.24) is 0 Å². The zero-order valence-electron chi connectivity index (χ0n) is 43.1. The number of fused-ring (bicyclic) bond motifs is 2. The molecular formula is C57H21AlF28SiZr-2. The third-order valence-electron chi connectivity index (χ3n) is 14.2. The van der Waals surface area contributed by atoms with E-state index >= 15 is 82.6 Å². The molecule has 0 aromatic heterocycles. The standard InChI is InChI=1S/C20H18Si.3C12F9.CH3.Al.FH.Zr/c1-21(2,19-13-11-15-7-3-5-9-17(15)19)20-14-12-16-8-4-6-10-18(16)20;3*13-3-1-2(5(14)9(18)6(3)15)4-7(16)10(19)12(21)11(20)8(4)17;;;;/h3-14H,1-2H3;;;;1H3;;1H;/q;;;;-1;;;/p-1. The first-order valence-electron chi connectivity index (χ1n) is 23.4. The summed E-state index contributed by atoms with van der Waals surface area (Å²) >= 11 is -10.3. The van der Waals surface area contributed by atoms with Crippen LogP contribution in [0.15, 0.2) is 48.6 Å². The maximum atomic E-state index is 19.3. The van der Waals surface area contributed by atoms with Gasteiger partial charge in [-0.15, -0.1) is 13.3 Å². The fourth-order valence-electron chi connectivity index (χ4n) is 10.2. The Morgan fingerprint density at radius 2 is 0.432 bits per heavy atom. The van der Waals surface area contributed by atoms with Crippen molar-refractivity contribution in [3.05, 3.63) is 274 Å². The van der Waals surface area contributed by atoms with Crippen molar-refractivity contribution >= 4 is 34.9 Å². The van der Waals surface area contributed by atoms with Crippen molar-refractivity contribution in [3.8, 4) is 33.4 Å². The second-order valence-electron chi connectivity index (χ2n) is 19.0. The molecule has 0 amide bonds. The van der Waals surface area contributed by atoms with Crippen molar-refractivity contribution in [2.24, 2.45) is 0 Å². The Labute approximate surface area is 500 Å². The molecule has 0 spiro atoms. The summed E-state index contributed by atoms with van der Waals surface area (Å²) in [4.78, 5) is 0. The van der Waals surface area contributed by atoms with Crippen LogP contribution < -0.4 is 13.3 Å². The minimum Gasteiger partial charge on any atom is -0.581 e. The number of halogens is 28. The molecule has 4 aliphatic rings. The van der Waals surface area contributed by atoms with Crippen molar-refractivity contribution in [2.75, 3.05) is 0 Å². The van der Waals surface area contributed by atoms with Crippen LogP contribution in [0.2, 0.25) is 13.1 Å². The summed E-state index contributed by atoms with van der Waals surface area (Å²) in [6, 6.07) is 0. The van der Waals surface area contributed by atoms with E-state index in [1.807, 2.05) is 0 Å². The van der Waals surface area contributed by atoms with Gasteiger partial charge in [0, 0.05) is 49.9 Å². The summed E-state index contributed by atoms with van der Waals surface area (Å²) in [6.45, 7) is 4.94. The first-order chi connectivity index (χ1) is 40.1. The molecule has 0 atom stereocenters. The number of rotatable bonds is 8.